The lowest BCUT2D eigenvalue weighted by atomic mass is 10.2. The third-order valence-corrected chi connectivity index (χ3v) is 3.63. The fourth-order valence-corrected chi connectivity index (χ4v) is 2.09. The van der Waals surface area contributed by atoms with Gasteiger partial charge in [-0.3, -0.25) is 0 Å². The van der Waals surface area contributed by atoms with Crippen LogP contribution in [-0.2, 0) is 0 Å². The zero-order chi connectivity index (χ0) is 16.7. The largest absolute Gasteiger partial charge is 0.369 e. The van der Waals surface area contributed by atoms with Gasteiger partial charge in [-0.1, -0.05) is 37.3 Å². The summed E-state index contributed by atoms with van der Waals surface area (Å²) in [5.41, 5.74) is 1.02. The fourth-order valence-electron chi connectivity index (χ4n) is 2.09. The Kier molecular flexibility index (Phi) is 6.35. The fraction of sp³-hybridized carbons (Fsp3) is 0.444. The highest BCUT2D eigenvalue weighted by atomic mass is 15.1. The first kappa shape index (κ1) is 17.2. The molecule has 1 aromatic heterocycles. The zero-order valence-electron chi connectivity index (χ0n) is 14.5. The van der Waals surface area contributed by atoms with Crippen LogP contribution in [0.5, 0.6) is 0 Å². The van der Waals surface area contributed by atoms with Crippen molar-refractivity contribution in [3.8, 4) is 11.4 Å². The first-order chi connectivity index (χ1) is 11.1. The number of anilines is 2. The number of hydrogen-bond donors (Lipinski definition) is 2. The van der Waals surface area contributed by atoms with E-state index in [9.17, 15) is 0 Å². The van der Waals surface area contributed by atoms with E-state index >= 15 is 0 Å². The quantitative estimate of drug-likeness (QED) is 0.783. The van der Waals surface area contributed by atoms with Crippen molar-refractivity contribution < 1.29 is 0 Å². The minimum absolute atomic E-state index is 0.378. The Morgan fingerprint density at radius 2 is 1.78 bits per heavy atom. The molecule has 0 aliphatic carbocycles. The van der Waals surface area contributed by atoms with Gasteiger partial charge in [0.25, 0.3) is 0 Å². The molecule has 1 unspecified atom stereocenters. The van der Waals surface area contributed by atoms with Crippen LogP contribution in [0, 0.1) is 0 Å². The van der Waals surface area contributed by atoms with Crippen LogP contribution in [-0.4, -0.2) is 48.1 Å². The zero-order valence-corrected chi connectivity index (χ0v) is 14.5. The van der Waals surface area contributed by atoms with Gasteiger partial charge >= 0.3 is 0 Å². The molecule has 1 atom stereocenters. The second-order valence-electron chi connectivity index (χ2n) is 6.01. The minimum atomic E-state index is 0.378. The number of benzene rings is 1. The van der Waals surface area contributed by atoms with Crippen molar-refractivity contribution in [1.29, 1.82) is 0 Å². The molecule has 1 aromatic carbocycles. The SMILES string of the molecule is CCC(C)Nc1cc(NCCN(C)C)nc(-c2ccccc2)n1. The van der Waals surface area contributed by atoms with Crippen molar-refractivity contribution in [1.82, 2.24) is 14.9 Å². The van der Waals surface area contributed by atoms with Gasteiger partial charge in [-0.2, -0.15) is 0 Å². The van der Waals surface area contributed by atoms with Gasteiger partial charge in [-0.05, 0) is 27.4 Å². The summed E-state index contributed by atoms with van der Waals surface area (Å²) in [6.45, 7) is 6.12. The second-order valence-corrected chi connectivity index (χ2v) is 6.01. The monoisotopic (exact) mass is 313 g/mol. The highest BCUT2D eigenvalue weighted by Gasteiger charge is 2.08. The lowest BCUT2D eigenvalue weighted by Gasteiger charge is -2.16. The van der Waals surface area contributed by atoms with Gasteiger partial charge in [-0.15, -0.1) is 0 Å². The maximum absolute atomic E-state index is 4.66. The lowest BCUT2D eigenvalue weighted by molar-refractivity contribution is 0.425. The second kappa shape index (κ2) is 8.48. The number of nitrogens with zero attached hydrogens (tertiary/aromatic N) is 3. The Labute approximate surface area is 139 Å². The topological polar surface area (TPSA) is 53.1 Å². The summed E-state index contributed by atoms with van der Waals surface area (Å²) in [5.74, 6) is 2.46. The van der Waals surface area contributed by atoms with Crippen LogP contribution in [0.1, 0.15) is 20.3 Å². The molecule has 5 nitrogen and oxygen atoms in total. The molecule has 2 rings (SSSR count). The van der Waals surface area contributed by atoms with Gasteiger partial charge in [0.2, 0.25) is 0 Å². The van der Waals surface area contributed by atoms with Gasteiger partial charge in [0.1, 0.15) is 11.6 Å². The summed E-state index contributed by atoms with van der Waals surface area (Å²) >= 11 is 0. The number of aromatic nitrogens is 2. The molecule has 23 heavy (non-hydrogen) atoms. The van der Waals surface area contributed by atoms with E-state index < -0.39 is 0 Å². The van der Waals surface area contributed by atoms with Crippen LogP contribution < -0.4 is 10.6 Å². The highest BCUT2D eigenvalue weighted by molar-refractivity contribution is 5.61. The van der Waals surface area contributed by atoms with E-state index in [4.69, 9.17) is 0 Å². The Morgan fingerprint density at radius 1 is 1.09 bits per heavy atom. The third kappa shape index (κ3) is 5.53. The highest BCUT2D eigenvalue weighted by Crippen LogP contribution is 2.20. The summed E-state index contributed by atoms with van der Waals surface area (Å²) in [5, 5.41) is 6.82. The van der Waals surface area contributed by atoms with Crippen molar-refractivity contribution in [2.45, 2.75) is 26.3 Å². The van der Waals surface area contributed by atoms with E-state index in [0.717, 1.165) is 42.5 Å². The van der Waals surface area contributed by atoms with Crippen LogP contribution in [0.4, 0.5) is 11.6 Å². The van der Waals surface area contributed by atoms with Gasteiger partial charge in [-0.25, -0.2) is 9.97 Å². The van der Waals surface area contributed by atoms with Crippen molar-refractivity contribution in [2.24, 2.45) is 0 Å². The molecule has 1 heterocycles. The summed E-state index contributed by atoms with van der Waals surface area (Å²) < 4.78 is 0. The summed E-state index contributed by atoms with van der Waals surface area (Å²) in [7, 11) is 4.12. The Bertz CT molecular complexity index is 598. The Morgan fingerprint density at radius 3 is 2.43 bits per heavy atom. The molecule has 2 aromatic rings. The third-order valence-electron chi connectivity index (χ3n) is 3.63. The van der Waals surface area contributed by atoms with Crippen LogP contribution >= 0.6 is 0 Å². The standard InChI is InChI=1S/C18H27N5/c1-5-14(2)20-17-13-16(19-11-12-23(3)4)21-18(22-17)15-9-7-6-8-10-15/h6-10,13-14H,5,11-12H2,1-4H3,(H2,19,20,21,22). The number of likely N-dealkylation sites (N-methyl/N-ethyl adjacent to an activating group) is 1. The molecule has 0 bridgehead atoms. The summed E-state index contributed by atoms with van der Waals surface area (Å²) in [4.78, 5) is 11.5. The molecule has 0 spiro atoms. The first-order valence-electron chi connectivity index (χ1n) is 8.18. The predicted molar refractivity (Wildman–Crippen MR) is 97.9 cm³/mol. The molecular formula is C18H27N5. The average molecular weight is 313 g/mol. The maximum atomic E-state index is 4.66. The van der Waals surface area contributed by atoms with Crippen LogP contribution in [0.15, 0.2) is 36.4 Å². The van der Waals surface area contributed by atoms with Crippen molar-refractivity contribution in [3.63, 3.8) is 0 Å². The van der Waals surface area contributed by atoms with E-state index in [0.29, 0.717) is 6.04 Å². The van der Waals surface area contributed by atoms with Crippen LogP contribution in [0.25, 0.3) is 11.4 Å². The van der Waals surface area contributed by atoms with Crippen molar-refractivity contribution >= 4 is 11.6 Å². The summed E-state index contributed by atoms with van der Waals surface area (Å²) in [6.07, 6.45) is 1.05. The van der Waals surface area contributed by atoms with E-state index in [-0.39, 0.29) is 0 Å². The van der Waals surface area contributed by atoms with Crippen LogP contribution in [0.2, 0.25) is 0 Å². The van der Waals surface area contributed by atoms with Gasteiger partial charge < -0.3 is 15.5 Å². The van der Waals surface area contributed by atoms with Gasteiger partial charge in [0, 0.05) is 30.8 Å². The molecule has 0 aliphatic heterocycles. The molecule has 0 fully saturated rings. The molecule has 0 aliphatic rings. The lowest BCUT2D eigenvalue weighted by Crippen LogP contribution is -2.21. The Hall–Kier alpha value is -2.14. The van der Waals surface area contributed by atoms with Crippen molar-refractivity contribution in [2.75, 3.05) is 37.8 Å². The molecule has 0 saturated carbocycles. The maximum Gasteiger partial charge on any atom is 0.163 e. The number of nitrogens with one attached hydrogen (secondary N) is 2. The molecule has 2 N–H and O–H groups in total. The predicted octanol–water partition coefficient (Wildman–Crippen LogP) is 3.33. The van der Waals surface area contributed by atoms with Gasteiger partial charge in [0.15, 0.2) is 5.82 Å². The molecule has 124 valence electrons. The normalized spacial score (nSPS) is 12.2. The molecular weight excluding hydrogens is 286 g/mol. The van der Waals surface area contributed by atoms with E-state index in [1.807, 2.05) is 36.4 Å². The molecule has 0 amide bonds. The Balaban J connectivity index is 2.24. The molecule has 5 heteroatoms. The van der Waals surface area contributed by atoms with Crippen molar-refractivity contribution in [3.05, 3.63) is 36.4 Å². The smallest absolute Gasteiger partial charge is 0.163 e. The summed E-state index contributed by atoms with van der Waals surface area (Å²) in [6, 6.07) is 12.4. The molecule has 0 radical (unpaired) electrons. The van der Waals surface area contributed by atoms with E-state index in [1.165, 1.54) is 0 Å². The van der Waals surface area contributed by atoms with E-state index in [2.05, 4.69) is 53.4 Å². The first-order valence-corrected chi connectivity index (χ1v) is 8.18. The van der Waals surface area contributed by atoms with E-state index in [1.54, 1.807) is 0 Å². The number of rotatable bonds is 8. The van der Waals surface area contributed by atoms with Crippen LogP contribution in [0.3, 0.4) is 0 Å². The molecule has 0 saturated heterocycles. The minimum Gasteiger partial charge on any atom is -0.369 e. The number of hydrogen-bond acceptors (Lipinski definition) is 5. The van der Waals surface area contributed by atoms with Gasteiger partial charge in [0.05, 0.1) is 0 Å². The average Bonchev–Trinajstić information content (AvgIpc) is 2.55.